The van der Waals surface area contributed by atoms with Crippen molar-refractivity contribution in [1.29, 1.82) is 0 Å². The summed E-state index contributed by atoms with van der Waals surface area (Å²) in [6.45, 7) is 9.89. The third-order valence-electron chi connectivity index (χ3n) is 5.00. The molecule has 1 N–H and O–H groups in total. The van der Waals surface area contributed by atoms with Gasteiger partial charge in [0, 0.05) is 11.7 Å². The van der Waals surface area contributed by atoms with Crippen LogP contribution in [0.5, 0.6) is 11.5 Å². The van der Waals surface area contributed by atoms with E-state index in [-0.39, 0.29) is 23.3 Å². The molecule has 0 saturated carbocycles. The Morgan fingerprint density at radius 2 is 1.66 bits per heavy atom. The molecule has 3 aromatic rings. The second-order valence-electron chi connectivity index (χ2n) is 7.78. The first-order chi connectivity index (χ1) is 15.3. The largest absolute Gasteiger partial charge is 0.493 e. The molecule has 170 valence electrons. The van der Waals surface area contributed by atoms with Crippen molar-refractivity contribution in [3.05, 3.63) is 59.9 Å². The van der Waals surface area contributed by atoms with E-state index in [1.807, 2.05) is 73.9 Å². The molecule has 0 aliphatic rings. The number of carbonyl (C=O) groups excluding carboxylic acids is 1. The Morgan fingerprint density at radius 1 is 1.00 bits per heavy atom. The molecule has 0 aliphatic carbocycles. The third kappa shape index (κ3) is 5.43. The number of hydrogen-bond acceptors (Lipinski definition) is 6. The number of aromatic nitrogens is 3. The van der Waals surface area contributed by atoms with E-state index >= 15 is 0 Å². The normalized spacial score (nSPS) is 13.0. The van der Waals surface area contributed by atoms with Crippen LogP contribution in [0.2, 0.25) is 0 Å². The quantitative estimate of drug-likeness (QED) is 0.434. The summed E-state index contributed by atoms with van der Waals surface area (Å²) in [6.07, 6.45) is -0.355. The van der Waals surface area contributed by atoms with Crippen molar-refractivity contribution in [2.45, 2.75) is 57.2 Å². The van der Waals surface area contributed by atoms with Gasteiger partial charge in [0.2, 0.25) is 5.91 Å². The van der Waals surface area contributed by atoms with Gasteiger partial charge in [-0.05, 0) is 58.4 Å². The minimum atomic E-state index is -0.355. The molecule has 3 rings (SSSR count). The van der Waals surface area contributed by atoms with Crippen molar-refractivity contribution in [1.82, 2.24) is 14.8 Å². The van der Waals surface area contributed by atoms with Crippen molar-refractivity contribution in [3.63, 3.8) is 0 Å². The van der Waals surface area contributed by atoms with Crippen LogP contribution in [0.15, 0.2) is 53.7 Å². The molecule has 0 aliphatic heterocycles. The molecule has 1 amide bonds. The van der Waals surface area contributed by atoms with E-state index < -0.39 is 0 Å². The average molecular weight is 455 g/mol. The molecule has 32 heavy (non-hydrogen) atoms. The maximum atomic E-state index is 12.8. The fraction of sp³-hybridized carbons (Fsp3) is 0.375. The van der Waals surface area contributed by atoms with Crippen LogP contribution in [0.25, 0.3) is 0 Å². The van der Waals surface area contributed by atoms with E-state index in [0.29, 0.717) is 22.5 Å². The van der Waals surface area contributed by atoms with Crippen molar-refractivity contribution in [2.75, 3.05) is 12.4 Å². The van der Waals surface area contributed by atoms with Crippen LogP contribution in [0.4, 0.5) is 5.69 Å². The number of rotatable bonds is 9. The summed E-state index contributed by atoms with van der Waals surface area (Å²) in [5.41, 5.74) is 1.84. The van der Waals surface area contributed by atoms with Crippen molar-refractivity contribution in [3.8, 4) is 11.5 Å². The highest BCUT2D eigenvalue weighted by atomic mass is 32.2. The smallest absolute Gasteiger partial charge is 0.237 e. The minimum absolute atomic E-state index is 0.0810. The molecule has 0 radical (unpaired) electrons. The molecule has 2 unspecified atom stereocenters. The number of aryl methyl sites for hydroxylation is 1. The first-order valence-electron chi connectivity index (χ1n) is 10.6. The van der Waals surface area contributed by atoms with Gasteiger partial charge in [0.05, 0.1) is 12.4 Å². The van der Waals surface area contributed by atoms with Gasteiger partial charge >= 0.3 is 0 Å². The standard InChI is InChI=1S/C24H30N4O3S/c1-15(2)28-22(17(4)31-21-14-10-9-13-20(21)30-6)26-27-24(28)32-18(5)23(29)25-19-12-8-7-11-16(19)3/h7-15,17-18H,1-6H3,(H,25,29). The second kappa shape index (κ2) is 10.5. The van der Waals surface area contributed by atoms with Crippen molar-refractivity contribution in [2.24, 2.45) is 0 Å². The summed E-state index contributed by atoms with van der Waals surface area (Å²) in [5, 5.41) is 12.1. The van der Waals surface area contributed by atoms with Gasteiger partial charge in [-0.3, -0.25) is 4.79 Å². The van der Waals surface area contributed by atoms with Gasteiger partial charge in [-0.15, -0.1) is 10.2 Å². The fourth-order valence-corrected chi connectivity index (χ4v) is 4.24. The Kier molecular flexibility index (Phi) is 7.80. The van der Waals surface area contributed by atoms with Gasteiger partial charge in [-0.1, -0.05) is 42.1 Å². The second-order valence-corrected chi connectivity index (χ2v) is 9.09. The van der Waals surface area contributed by atoms with Gasteiger partial charge in [-0.25, -0.2) is 0 Å². The summed E-state index contributed by atoms with van der Waals surface area (Å²) in [6, 6.07) is 15.3. The zero-order chi connectivity index (χ0) is 23.3. The highest BCUT2D eigenvalue weighted by Crippen LogP contribution is 2.33. The predicted octanol–water partition coefficient (Wildman–Crippen LogP) is 5.44. The maximum Gasteiger partial charge on any atom is 0.237 e. The molecule has 1 aromatic heterocycles. The van der Waals surface area contributed by atoms with E-state index in [2.05, 4.69) is 29.4 Å². The lowest BCUT2D eigenvalue weighted by Crippen LogP contribution is -2.23. The first kappa shape index (κ1) is 23.7. The van der Waals surface area contributed by atoms with Crippen LogP contribution in [0.1, 0.15) is 51.2 Å². The van der Waals surface area contributed by atoms with E-state index in [1.54, 1.807) is 7.11 Å². The molecule has 0 fully saturated rings. The fourth-order valence-electron chi connectivity index (χ4n) is 3.25. The lowest BCUT2D eigenvalue weighted by molar-refractivity contribution is -0.115. The summed E-state index contributed by atoms with van der Waals surface area (Å²) in [5.74, 6) is 1.91. The summed E-state index contributed by atoms with van der Waals surface area (Å²) >= 11 is 1.38. The molecule has 2 atom stereocenters. The number of benzene rings is 2. The lowest BCUT2D eigenvalue weighted by Gasteiger charge is -2.20. The van der Waals surface area contributed by atoms with Crippen LogP contribution in [-0.4, -0.2) is 33.0 Å². The summed E-state index contributed by atoms with van der Waals surface area (Å²) in [4.78, 5) is 12.8. The number of thioether (sulfide) groups is 1. The molecule has 0 bridgehead atoms. The number of nitrogens with one attached hydrogen (secondary N) is 1. The molecule has 1 heterocycles. The van der Waals surface area contributed by atoms with E-state index in [0.717, 1.165) is 11.3 Å². The number of para-hydroxylation sites is 3. The van der Waals surface area contributed by atoms with Crippen LogP contribution in [0.3, 0.4) is 0 Å². The Morgan fingerprint density at radius 3 is 2.31 bits per heavy atom. The number of nitrogens with zero attached hydrogens (tertiary/aromatic N) is 3. The highest BCUT2D eigenvalue weighted by Gasteiger charge is 2.25. The van der Waals surface area contributed by atoms with Crippen molar-refractivity contribution < 1.29 is 14.3 Å². The van der Waals surface area contributed by atoms with Crippen LogP contribution < -0.4 is 14.8 Å². The topological polar surface area (TPSA) is 78.3 Å². The molecular formula is C24H30N4O3S. The lowest BCUT2D eigenvalue weighted by atomic mass is 10.2. The number of amides is 1. The number of hydrogen-bond donors (Lipinski definition) is 1. The highest BCUT2D eigenvalue weighted by molar-refractivity contribution is 8.00. The van der Waals surface area contributed by atoms with E-state index in [9.17, 15) is 4.79 Å². The monoisotopic (exact) mass is 454 g/mol. The molecular weight excluding hydrogens is 424 g/mol. The maximum absolute atomic E-state index is 12.8. The van der Waals surface area contributed by atoms with Crippen LogP contribution in [0, 0.1) is 6.92 Å². The van der Waals surface area contributed by atoms with E-state index in [1.165, 1.54) is 11.8 Å². The Balaban J connectivity index is 1.76. The Bertz CT molecular complexity index is 1070. The van der Waals surface area contributed by atoms with Crippen molar-refractivity contribution >= 4 is 23.4 Å². The zero-order valence-corrected chi connectivity index (χ0v) is 20.1. The van der Waals surface area contributed by atoms with Gasteiger partial charge in [0.25, 0.3) is 0 Å². The average Bonchev–Trinajstić information content (AvgIpc) is 3.19. The summed E-state index contributed by atoms with van der Waals surface area (Å²) in [7, 11) is 1.61. The van der Waals surface area contributed by atoms with Gasteiger partial charge < -0.3 is 19.4 Å². The van der Waals surface area contributed by atoms with Gasteiger partial charge in [0.1, 0.15) is 0 Å². The van der Waals surface area contributed by atoms with Gasteiger partial charge in [0.15, 0.2) is 28.6 Å². The Labute approximate surface area is 193 Å². The Hall–Kier alpha value is -3.00. The first-order valence-corrected chi connectivity index (χ1v) is 11.5. The summed E-state index contributed by atoms with van der Waals surface area (Å²) < 4.78 is 13.5. The molecule has 7 nitrogen and oxygen atoms in total. The molecule has 0 saturated heterocycles. The SMILES string of the molecule is COc1ccccc1OC(C)c1nnc(SC(C)C(=O)Nc2ccccc2C)n1C(C)C. The molecule has 8 heteroatoms. The minimum Gasteiger partial charge on any atom is -0.493 e. The number of anilines is 1. The third-order valence-corrected chi connectivity index (χ3v) is 6.05. The van der Waals surface area contributed by atoms with Crippen LogP contribution >= 0.6 is 11.8 Å². The molecule has 0 spiro atoms. The zero-order valence-electron chi connectivity index (χ0n) is 19.3. The predicted molar refractivity (Wildman–Crippen MR) is 128 cm³/mol. The van der Waals surface area contributed by atoms with E-state index in [4.69, 9.17) is 9.47 Å². The number of ether oxygens (including phenoxy) is 2. The van der Waals surface area contributed by atoms with Crippen LogP contribution in [-0.2, 0) is 4.79 Å². The number of carbonyl (C=O) groups is 1. The molecule has 2 aromatic carbocycles. The number of methoxy groups -OCH3 is 1. The van der Waals surface area contributed by atoms with Gasteiger partial charge in [-0.2, -0.15) is 0 Å².